The van der Waals surface area contributed by atoms with Crippen molar-refractivity contribution in [3.8, 4) is 11.8 Å². The normalized spacial score (nSPS) is 10.9. The van der Waals surface area contributed by atoms with Crippen LogP contribution in [-0.2, 0) is 4.79 Å². The molecule has 2 aromatic rings. The Kier molecular flexibility index (Phi) is 4.92. The predicted octanol–water partition coefficient (Wildman–Crippen LogP) is 3.84. The first-order chi connectivity index (χ1) is 10.5. The second-order valence-corrected chi connectivity index (χ2v) is 5.25. The van der Waals surface area contributed by atoms with Gasteiger partial charge in [-0.2, -0.15) is 5.26 Å². The first kappa shape index (κ1) is 15.7. The topological polar surface area (TPSA) is 73.1 Å². The molecule has 2 rings (SSSR count). The summed E-state index contributed by atoms with van der Waals surface area (Å²) in [5, 5.41) is 21.3. The highest BCUT2D eigenvalue weighted by Crippen LogP contribution is 2.24. The molecular weight excluding hydrogens is 351 g/mol. The number of nitriles is 1. The molecule has 0 saturated heterocycles. The van der Waals surface area contributed by atoms with Gasteiger partial charge in [-0.15, -0.1) is 0 Å². The number of aromatic hydroxyl groups is 1. The first-order valence-electron chi connectivity index (χ1n) is 6.17. The van der Waals surface area contributed by atoms with Crippen LogP contribution in [0.5, 0.6) is 5.75 Å². The maximum atomic E-state index is 12.8. The third kappa shape index (κ3) is 3.93. The van der Waals surface area contributed by atoms with Crippen LogP contribution in [0.1, 0.15) is 5.56 Å². The van der Waals surface area contributed by atoms with E-state index in [1.807, 2.05) is 0 Å². The van der Waals surface area contributed by atoms with Gasteiger partial charge in [0.15, 0.2) is 0 Å². The molecule has 0 atom stereocenters. The number of amides is 1. The highest BCUT2D eigenvalue weighted by molar-refractivity contribution is 9.10. The molecule has 0 saturated carbocycles. The predicted molar refractivity (Wildman–Crippen MR) is 84.4 cm³/mol. The van der Waals surface area contributed by atoms with Crippen molar-refractivity contribution in [1.29, 1.82) is 5.26 Å². The van der Waals surface area contributed by atoms with Crippen LogP contribution in [-0.4, -0.2) is 11.0 Å². The smallest absolute Gasteiger partial charge is 0.266 e. The second kappa shape index (κ2) is 6.87. The van der Waals surface area contributed by atoms with E-state index in [0.29, 0.717) is 15.7 Å². The molecule has 0 heterocycles. The molecule has 0 unspecified atom stereocenters. The molecule has 2 N–H and O–H groups in total. The van der Waals surface area contributed by atoms with Crippen molar-refractivity contribution in [2.75, 3.05) is 5.32 Å². The highest BCUT2D eigenvalue weighted by atomic mass is 79.9. The molecule has 22 heavy (non-hydrogen) atoms. The van der Waals surface area contributed by atoms with E-state index in [-0.39, 0.29) is 11.3 Å². The third-order valence-corrected chi connectivity index (χ3v) is 3.25. The molecular formula is C16H10BrFN2O2. The van der Waals surface area contributed by atoms with Crippen LogP contribution in [0.4, 0.5) is 10.1 Å². The lowest BCUT2D eigenvalue weighted by Gasteiger charge is -2.05. The van der Waals surface area contributed by atoms with Crippen molar-refractivity contribution in [3.05, 3.63) is 63.9 Å². The van der Waals surface area contributed by atoms with Crippen LogP contribution < -0.4 is 5.32 Å². The summed E-state index contributed by atoms with van der Waals surface area (Å²) in [6.45, 7) is 0. The van der Waals surface area contributed by atoms with Crippen molar-refractivity contribution in [1.82, 2.24) is 0 Å². The standard InChI is InChI=1S/C16H10BrFN2O2/c17-12-1-6-15(21)10(8-12)7-11(9-19)16(22)20-14-4-2-13(18)3-5-14/h1-8,21H,(H,20,22)/b11-7+. The molecule has 0 spiro atoms. The van der Waals surface area contributed by atoms with Gasteiger partial charge in [0.2, 0.25) is 0 Å². The zero-order chi connectivity index (χ0) is 16.1. The van der Waals surface area contributed by atoms with Gasteiger partial charge in [-0.25, -0.2) is 4.39 Å². The average molecular weight is 361 g/mol. The van der Waals surface area contributed by atoms with Crippen LogP contribution in [0.15, 0.2) is 52.5 Å². The molecule has 4 nitrogen and oxygen atoms in total. The Labute approximate surface area is 134 Å². The van der Waals surface area contributed by atoms with Crippen molar-refractivity contribution in [3.63, 3.8) is 0 Å². The number of anilines is 1. The minimum atomic E-state index is -0.645. The molecule has 0 aromatic heterocycles. The number of rotatable bonds is 3. The lowest BCUT2D eigenvalue weighted by Crippen LogP contribution is -2.13. The van der Waals surface area contributed by atoms with Gasteiger partial charge in [0.05, 0.1) is 0 Å². The Morgan fingerprint density at radius 2 is 1.95 bits per heavy atom. The Bertz CT molecular complexity index is 780. The molecule has 0 fully saturated rings. The van der Waals surface area contributed by atoms with Gasteiger partial charge in [0.25, 0.3) is 5.91 Å². The van der Waals surface area contributed by atoms with Gasteiger partial charge in [-0.1, -0.05) is 15.9 Å². The van der Waals surface area contributed by atoms with E-state index in [0.717, 1.165) is 0 Å². The van der Waals surface area contributed by atoms with Gasteiger partial charge < -0.3 is 10.4 Å². The molecule has 0 bridgehead atoms. The van der Waals surface area contributed by atoms with Gasteiger partial charge in [0, 0.05) is 15.7 Å². The van der Waals surface area contributed by atoms with E-state index in [1.165, 1.54) is 36.4 Å². The second-order valence-electron chi connectivity index (χ2n) is 4.33. The fourth-order valence-electron chi connectivity index (χ4n) is 1.68. The van der Waals surface area contributed by atoms with Crippen LogP contribution in [0.3, 0.4) is 0 Å². The van der Waals surface area contributed by atoms with E-state index < -0.39 is 11.7 Å². The largest absolute Gasteiger partial charge is 0.507 e. The molecule has 1 amide bonds. The quantitative estimate of drug-likeness (QED) is 0.645. The number of halogens is 2. The number of phenolic OH excluding ortho intramolecular Hbond substituents is 1. The number of hydrogen-bond donors (Lipinski definition) is 2. The summed E-state index contributed by atoms with van der Waals surface area (Å²) < 4.78 is 13.5. The van der Waals surface area contributed by atoms with E-state index >= 15 is 0 Å². The zero-order valence-electron chi connectivity index (χ0n) is 11.2. The van der Waals surface area contributed by atoms with Crippen LogP contribution in [0.25, 0.3) is 6.08 Å². The first-order valence-corrected chi connectivity index (χ1v) is 6.96. The van der Waals surface area contributed by atoms with Crippen LogP contribution >= 0.6 is 15.9 Å². The summed E-state index contributed by atoms with van der Waals surface area (Å²) in [7, 11) is 0. The Morgan fingerprint density at radius 3 is 2.59 bits per heavy atom. The number of nitrogens with one attached hydrogen (secondary N) is 1. The fraction of sp³-hybridized carbons (Fsp3) is 0. The van der Waals surface area contributed by atoms with Gasteiger partial charge in [0.1, 0.15) is 23.2 Å². The number of benzene rings is 2. The van der Waals surface area contributed by atoms with Crippen molar-refractivity contribution < 1.29 is 14.3 Å². The zero-order valence-corrected chi connectivity index (χ0v) is 12.8. The Morgan fingerprint density at radius 1 is 1.27 bits per heavy atom. The molecule has 0 aliphatic carbocycles. The van der Waals surface area contributed by atoms with Crippen LogP contribution in [0, 0.1) is 17.1 Å². The van der Waals surface area contributed by atoms with Gasteiger partial charge in [-0.3, -0.25) is 4.79 Å². The van der Waals surface area contributed by atoms with E-state index in [4.69, 9.17) is 5.26 Å². The molecule has 0 aliphatic heterocycles. The fourth-order valence-corrected chi connectivity index (χ4v) is 2.06. The lowest BCUT2D eigenvalue weighted by atomic mass is 10.1. The monoisotopic (exact) mass is 360 g/mol. The molecule has 2 aromatic carbocycles. The maximum absolute atomic E-state index is 12.8. The van der Waals surface area contributed by atoms with E-state index in [9.17, 15) is 14.3 Å². The summed E-state index contributed by atoms with van der Waals surface area (Å²) in [5.74, 6) is -1.12. The minimum Gasteiger partial charge on any atom is -0.507 e. The number of nitrogens with zero attached hydrogens (tertiary/aromatic N) is 1. The number of phenols is 1. The summed E-state index contributed by atoms with van der Waals surface area (Å²) in [5.41, 5.74) is 0.518. The Hall–Kier alpha value is -2.65. The summed E-state index contributed by atoms with van der Waals surface area (Å²) >= 11 is 3.25. The molecule has 0 aliphatic rings. The van der Waals surface area contributed by atoms with Crippen molar-refractivity contribution >= 4 is 33.6 Å². The van der Waals surface area contributed by atoms with E-state index in [2.05, 4.69) is 21.2 Å². The third-order valence-electron chi connectivity index (χ3n) is 2.76. The van der Waals surface area contributed by atoms with Crippen molar-refractivity contribution in [2.24, 2.45) is 0 Å². The van der Waals surface area contributed by atoms with Gasteiger partial charge >= 0.3 is 0 Å². The maximum Gasteiger partial charge on any atom is 0.266 e. The Balaban J connectivity index is 2.25. The molecule has 0 radical (unpaired) electrons. The summed E-state index contributed by atoms with van der Waals surface area (Å²) in [6, 6.07) is 11.6. The average Bonchev–Trinajstić information content (AvgIpc) is 2.50. The summed E-state index contributed by atoms with van der Waals surface area (Å²) in [4.78, 5) is 12.0. The number of hydrogen-bond acceptors (Lipinski definition) is 3. The van der Waals surface area contributed by atoms with E-state index in [1.54, 1.807) is 18.2 Å². The lowest BCUT2D eigenvalue weighted by molar-refractivity contribution is -0.112. The molecule has 6 heteroatoms. The number of carbonyl (C=O) groups is 1. The highest BCUT2D eigenvalue weighted by Gasteiger charge is 2.11. The van der Waals surface area contributed by atoms with Crippen LogP contribution in [0.2, 0.25) is 0 Å². The molecule has 110 valence electrons. The minimum absolute atomic E-state index is 0.0504. The van der Waals surface area contributed by atoms with Crippen molar-refractivity contribution in [2.45, 2.75) is 0 Å². The summed E-state index contributed by atoms with van der Waals surface area (Å²) in [6.07, 6.45) is 1.28. The number of carbonyl (C=O) groups excluding carboxylic acids is 1. The van der Waals surface area contributed by atoms with Gasteiger partial charge in [-0.05, 0) is 48.5 Å². The SMILES string of the molecule is N#C/C(=C\c1cc(Br)ccc1O)C(=O)Nc1ccc(F)cc1.